The van der Waals surface area contributed by atoms with Gasteiger partial charge in [0, 0.05) is 13.1 Å². The smallest absolute Gasteiger partial charge is 0.267 e. The number of thioether (sulfide) groups is 1. The molecule has 2 heterocycles. The van der Waals surface area contributed by atoms with Crippen molar-refractivity contribution in [3.05, 3.63) is 47.4 Å². The van der Waals surface area contributed by atoms with E-state index in [1.165, 1.54) is 11.8 Å². The number of carbonyl (C=O) groups excluding carboxylic acids is 1. The van der Waals surface area contributed by atoms with Crippen LogP contribution in [-0.4, -0.2) is 59.6 Å². The quantitative estimate of drug-likeness (QED) is 0.432. The molecule has 0 unspecified atom stereocenters. The maximum absolute atomic E-state index is 12.7. The third kappa shape index (κ3) is 4.70. The minimum atomic E-state index is -0.0338. The van der Waals surface area contributed by atoms with E-state index in [1.54, 1.807) is 11.0 Å². The minimum absolute atomic E-state index is 0.0338. The van der Waals surface area contributed by atoms with Crippen molar-refractivity contribution >= 4 is 40.3 Å². The molecule has 1 amide bonds. The van der Waals surface area contributed by atoms with Gasteiger partial charge in [0.05, 0.1) is 24.8 Å². The molecule has 2 aliphatic heterocycles. The van der Waals surface area contributed by atoms with Gasteiger partial charge in [0.15, 0.2) is 0 Å². The van der Waals surface area contributed by atoms with Gasteiger partial charge in [-0.05, 0) is 23.8 Å². The second kappa shape index (κ2) is 8.62. The fourth-order valence-corrected chi connectivity index (χ4v) is 3.77. The molecule has 7 heteroatoms. The predicted octanol–water partition coefficient (Wildman–Crippen LogP) is 2.74. The number of rotatable bonds is 6. The number of hydrogen-bond acceptors (Lipinski definition) is 6. The molecule has 0 saturated carbocycles. The average Bonchev–Trinajstić information content (AvgIpc) is 2.89. The van der Waals surface area contributed by atoms with Crippen molar-refractivity contribution in [2.45, 2.75) is 0 Å². The van der Waals surface area contributed by atoms with Crippen LogP contribution in [0, 0.1) is 0 Å². The summed E-state index contributed by atoms with van der Waals surface area (Å²) in [5.74, 6) is 0.741. The van der Waals surface area contributed by atoms with Gasteiger partial charge in [-0.2, -0.15) is 0 Å². The van der Waals surface area contributed by atoms with Gasteiger partial charge in [-0.25, -0.2) is 0 Å². The minimum Gasteiger partial charge on any atom is -0.490 e. The summed E-state index contributed by atoms with van der Waals surface area (Å²) in [4.78, 5) is 17.2. The Morgan fingerprint density at radius 1 is 1.28 bits per heavy atom. The molecule has 0 aliphatic carbocycles. The number of benzene rings is 1. The van der Waals surface area contributed by atoms with Gasteiger partial charge < -0.3 is 9.47 Å². The molecule has 0 N–H and O–H groups in total. The Hall–Kier alpha value is -1.67. The lowest BCUT2D eigenvalue weighted by molar-refractivity contribution is -0.124. The first-order valence-corrected chi connectivity index (χ1v) is 9.29. The Morgan fingerprint density at radius 2 is 2.00 bits per heavy atom. The Bertz CT molecular complexity index is 682. The lowest BCUT2D eigenvalue weighted by Crippen LogP contribution is -2.45. The second-order valence-electron chi connectivity index (χ2n) is 5.65. The van der Waals surface area contributed by atoms with E-state index in [0.29, 0.717) is 35.7 Å². The molecule has 3 rings (SSSR count). The molecule has 5 nitrogen and oxygen atoms in total. The summed E-state index contributed by atoms with van der Waals surface area (Å²) in [6, 6.07) is 7.60. The fourth-order valence-electron chi connectivity index (χ4n) is 2.53. The zero-order chi connectivity index (χ0) is 17.6. The van der Waals surface area contributed by atoms with Crippen molar-refractivity contribution in [1.82, 2.24) is 9.80 Å². The number of amides is 1. The van der Waals surface area contributed by atoms with Crippen molar-refractivity contribution in [1.29, 1.82) is 0 Å². The van der Waals surface area contributed by atoms with Crippen LogP contribution in [0.1, 0.15) is 5.56 Å². The lowest BCUT2D eigenvalue weighted by Gasteiger charge is -2.29. The normalized spacial score (nSPS) is 20.3. The highest BCUT2D eigenvalue weighted by Gasteiger charge is 2.33. The van der Waals surface area contributed by atoms with Crippen molar-refractivity contribution in [2.75, 3.05) is 39.6 Å². The average molecular weight is 377 g/mol. The summed E-state index contributed by atoms with van der Waals surface area (Å²) in [6.45, 7) is 7.67. The largest absolute Gasteiger partial charge is 0.490 e. The zero-order valence-electron chi connectivity index (χ0n) is 13.8. The number of morpholine rings is 1. The number of carbonyl (C=O) groups is 1. The van der Waals surface area contributed by atoms with Crippen molar-refractivity contribution in [2.24, 2.45) is 0 Å². The van der Waals surface area contributed by atoms with E-state index in [-0.39, 0.29) is 5.91 Å². The maximum atomic E-state index is 12.7. The van der Waals surface area contributed by atoms with E-state index in [4.69, 9.17) is 21.7 Å². The lowest BCUT2D eigenvalue weighted by atomic mass is 10.2. The Balaban J connectivity index is 1.66. The predicted molar refractivity (Wildman–Crippen MR) is 104 cm³/mol. The van der Waals surface area contributed by atoms with Gasteiger partial charge in [-0.15, -0.1) is 0 Å². The van der Waals surface area contributed by atoms with Crippen molar-refractivity contribution < 1.29 is 14.3 Å². The van der Waals surface area contributed by atoms with Crippen LogP contribution in [0.3, 0.4) is 0 Å². The maximum Gasteiger partial charge on any atom is 0.267 e. The zero-order valence-corrected chi connectivity index (χ0v) is 15.5. The summed E-state index contributed by atoms with van der Waals surface area (Å²) in [6.07, 6.45) is 3.57. The van der Waals surface area contributed by atoms with Crippen molar-refractivity contribution in [3.8, 4) is 5.75 Å². The van der Waals surface area contributed by atoms with Crippen LogP contribution in [0.2, 0.25) is 0 Å². The summed E-state index contributed by atoms with van der Waals surface area (Å²) >= 11 is 6.74. The number of thiocarbonyl (C=S) groups is 1. The van der Waals surface area contributed by atoms with Crippen LogP contribution in [0.4, 0.5) is 0 Å². The molecule has 2 aliphatic rings. The third-order valence-electron chi connectivity index (χ3n) is 3.86. The van der Waals surface area contributed by atoms with Crippen LogP contribution in [0.5, 0.6) is 5.75 Å². The summed E-state index contributed by atoms with van der Waals surface area (Å²) < 4.78 is 11.4. The van der Waals surface area contributed by atoms with Crippen molar-refractivity contribution in [3.63, 3.8) is 0 Å². The van der Waals surface area contributed by atoms with Gasteiger partial charge in [0.1, 0.15) is 16.7 Å². The molecule has 0 radical (unpaired) electrons. The number of ether oxygens (including phenoxy) is 2. The van der Waals surface area contributed by atoms with Crippen LogP contribution in [0.15, 0.2) is 41.8 Å². The van der Waals surface area contributed by atoms with Crippen LogP contribution < -0.4 is 4.74 Å². The third-order valence-corrected chi connectivity index (χ3v) is 5.24. The van der Waals surface area contributed by atoms with Gasteiger partial charge >= 0.3 is 0 Å². The molecule has 0 spiro atoms. The first-order valence-electron chi connectivity index (χ1n) is 8.06. The first kappa shape index (κ1) is 18.1. The topological polar surface area (TPSA) is 42.0 Å². The summed E-state index contributed by atoms with van der Waals surface area (Å²) in [5, 5.41) is 0. The molecule has 132 valence electrons. The molecule has 0 atom stereocenters. The molecule has 25 heavy (non-hydrogen) atoms. The van der Waals surface area contributed by atoms with E-state index < -0.39 is 0 Å². The number of hydrogen-bond donors (Lipinski definition) is 0. The highest BCUT2D eigenvalue weighted by Crippen LogP contribution is 2.32. The fraction of sp³-hybridized carbons (Fsp3) is 0.333. The molecular formula is C18H20N2O3S2. The first-order chi connectivity index (χ1) is 12.2. The molecule has 2 saturated heterocycles. The monoisotopic (exact) mass is 376 g/mol. The van der Waals surface area contributed by atoms with Gasteiger partial charge in [-0.1, -0.05) is 48.8 Å². The van der Waals surface area contributed by atoms with E-state index in [9.17, 15) is 4.79 Å². The Labute approximate surface area is 157 Å². The Morgan fingerprint density at radius 3 is 2.68 bits per heavy atom. The molecule has 1 aromatic rings. The highest BCUT2D eigenvalue weighted by molar-refractivity contribution is 8.26. The molecule has 2 fully saturated rings. The van der Waals surface area contributed by atoms with Crippen LogP contribution in [-0.2, 0) is 9.53 Å². The molecule has 1 aromatic carbocycles. The van der Waals surface area contributed by atoms with Crippen LogP contribution >= 0.6 is 24.0 Å². The van der Waals surface area contributed by atoms with Gasteiger partial charge in [0.2, 0.25) is 0 Å². The Kier molecular flexibility index (Phi) is 6.25. The van der Waals surface area contributed by atoms with E-state index in [1.807, 2.05) is 30.3 Å². The van der Waals surface area contributed by atoms with Gasteiger partial charge in [-0.3, -0.25) is 14.6 Å². The molecule has 0 bridgehead atoms. The molecular weight excluding hydrogens is 356 g/mol. The summed E-state index contributed by atoms with van der Waals surface area (Å²) in [5.41, 5.74) is 0.942. The van der Waals surface area contributed by atoms with E-state index >= 15 is 0 Å². The second-order valence-corrected chi connectivity index (χ2v) is 7.33. The standard InChI is InChI=1S/C18H20N2O3S2/c1-2-9-23-15-5-3-14(4-6-15)12-16-17(21)20(18(24)25-16)13-19-7-10-22-11-8-19/h2-6,12H,1,7-11,13H2/b16-12+. The summed E-state index contributed by atoms with van der Waals surface area (Å²) in [7, 11) is 0. The SMILES string of the molecule is C=CCOc1ccc(/C=C2/SC(=S)N(CN3CCOCC3)C2=O)cc1. The van der Waals surface area contributed by atoms with E-state index in [2.05, 4.69) is 11.5 Å². The van der Waals surface area contributed by atoms with Crippen LogP contribution in [0.25, 0.3) is 6.08 Å². The highest BCUT2D eigenvalue weighted by atomic mass is 32.2. The van der Waals surface area contributed by atoms with Gasteiger partial charge in [0.25, 0.3) is 5.91 Å². The molecule has 0 aromatic heterocycles. The number of nitrogens with zero attached hydrogens (tertiary/aromatic N) is 2. The van der Waals surface area contributed by atoms with E-state index in [0.717, 1.165) is 24.4 Å².